The van der Waals surface area contributed by atoms with Crippen molar-refractivity contribution in [3.8, 4) is 11.4 Å². The number of aryl methyl sites for hydroxylation is 1. The Labute approximate surface area is 204 Å². The van der Waals surface area contributed by atoms with Gasteiger partial charge in [-0.2, -0.15) is 13.2 Å². The molecular weight excluding hydrogens is 475 g/mol. The van der Waals surface area contributed by atoms with Gasteiger partial charge in [0.2, 0.25) is 11.9 Å². The van der Waals surface area contributed by atoms with Crippen LogP contribution in [-0.4, -0.2) is 66.0 Å². The van der Waals surface area contributed by atoms with Crippen LogP contribution in [0.25, 0.3) is 11.4 Å². The highest BCUT2D eigenvalue weighted by Gasteiger charge is 2.36. The number of imidazole rings is 1. The molecule has 0 bridgehead atoms. The molecule has 3 aromatic rings. The van der Waals surface area contributed by atoms with E-state index in [-0.39, 0.29) is 29.3 Å². The van der Waals surface area contributed by atoms with Crippen molar-refractivity contribution in [2.75, 3.05) is 29.9 Å². The van der Waals surface area contributed by atoms with Crippen molar-refractivity contribution < 1.29 is 18.0 Å². The molecule has 188 valence electrons. The van der Waals surface area contributed by atoms with Gasteiger partial charge in [0.1, 0.15) is 29.1 Å². The number of hydrogen-bond donors (Lipinski definition) is 1. The molecule has 0 aliphatic carbocycles. The van der Waals surface area contributed by atoms with Gasteiger partial charge in [0.05, 0.1) is 18.6 Å². The number of aromatic nitrogens is 6. The van der Waals surface area contributed by atoms with Crippen LogP contribution in [0.5, 0.6) is 0 Å². The highest BCUT2D eigenvalue weighted by molar-refractivity contribution is 5.87. The van der Waals surface area contributed by atoms with Crippen molar-refractivity contribution >= 4 is 17.7 Å². The van der Waals surface area contributed by atoms with Gasteiger partial charge in [-0.1, -0.05) is 6.58 Å². The second-order valence-corrected chi connectivity index (χ2v) is 8.79. The number of carbonyl (C=O) groups excluding carboxylic acids is 1. The van der Waals surface area contributed by atoms with E-state index < -0.39 is 11.7 Å². The Morgan fingerprint density at radius 1 is 1.22 bits per heavy atom. The molecular formula is C23H24F3N9O. The van der Waals surface area contributed by atoms with E-state index >= 15 is 0 Å². The Morgan fingerprint density at radius 2 is 2.06 bits per heavy atom. The predicted molar refractivity (Wildman–Crippen MR) is 125 cm³/mol. The Balaban J connectivity index is 1.35. The largest absolute Gasteiger partial charge is 0.420 e. The molecule has 2 aliphatic heterocycles. The second kappa shape index (κ2) is 9.21. The zero-order chi connectivity index (χ0) is 25.4. The van der Waals surface area contributed by atoms with Gasteiger partial charge in [-0.15, -0.1) is 0 Å². The van der Waals surface area contributed by atoms with E-state index in [1.54, 1.807) is 16.5 Å². The number of nitrogens with one attached hydrogen (secondary N) is 1. The number of rotatable bonds is 5. The fourth-order valence-electron chi connectivity index (χ4n) is 4.56. The molecule has 0 unspecified atom stereocenters. The Morgan fingerprint density at radius 3 is 2.78 bits per heavy atom. The topological polar surface area (TPSA) is 105 Å². The molecule has 1 saturated heterocycles. The van der Waals surface area contributed by atoms with Crippen molar-refractivity contribution in [3.05, 3.63) is 54.5 Å². The average molecular weight is 500 g/mol. The van der Waals surface area contributed by atoms with E-state index in [2.05, 4.69) is 41.7 Å². The quantitative estimate of drug-likeness (QED) is 0.534. The average Bonchev–Trinajstić information content (AvgIpc) is 3.51. The minimum Gasteiger partial charge on any atom is -0.354 e. The molecule has 1 fully saturated rings. The third-order valence-corrected chi connectivity index (χ3v) is 6.33. The van der Waals surface area contributed by atoms with Crippen molar-refractivity contribution in [1.29, 1.82) is 0 Å². The minimum atomic E-state index is -4.61. The molecule has 0 saturated carbocycles. The predicted octanol–water partition coefficient (Wildman–Crippen LogP) is 2.45. The summed E-state index contributed by atoms with van der Waals surface area (Å²) in [5.74, 6) is 0.718. The lowest BCUT2D eigenvalue weighted by Crippen LogP contribution is -2.37. The molecule has 5 heterocycles. The van der Waals surface area contributed by atoms with Crippen molar-refractivity contribution in [3.63, 3.8) is 0 Å². The summed E-state index contributed by atoms with van der Waals surface area (Å²) in [4.78, 5) is 37.0. The molecule has 1 N–H and O–H groups in total. The summed E-state index contributed by atoms with van der Waals surface area (Å²) >= 11 is 0. The fraction of sp³-hybridized carbons (Fsp3) is 0.391. The number of fused-ring (bicyclic) bond motifs is 1. The van der Waals surface area contributed by atoms with Crippen LogP contribution in [0.15, 0.2) is 37.7 Å². The van der Waals surface area contributed by atoms with Crippen LogP contribution in [0, 0.1) is 0 Å². The lowest BCUT2D eigenvalue weighted by molar-refractivity contribution is -0.137. The van der Waals surface area contributed by atoms with Gasteiger partial charge in [0.25, 0.3) is 0 Å². The molecule has 2 aliphatic rings. The maximum atomic E-state index is 13.6. The molecule has 0 radical (unpaired) electrons. The van der Waals surface area contributed by atoms with Crippen LogP contribution in [-0.2, 0) is 31.0 Å². The summed E-state index contributed by atoms with van der Waals surface area (Å²) in [6, 6.07) is -0.113. The third kappa shape index (κ3) is 4.60. The zero-order valence-electron chi connectivity index (χ0n) is 19.5. The highest BCUT2D eigenvalue weighted by Crippen LogP contribution is 2.36. The number of amides is 1. The zero-order valence-corrected chi connectivity index (χ0v) is 19.5. The Bertz CT molecular complexity index is 1310. The van der Waals surface area contributed by atoms with Crippen LogP contribution in [0.1, 0.15) is 23.2 Å². The molecule has 13 heteroatoms. The van der Waals surface area contributed by atoms with Gasteiger partial charge in [-0.3, -0.25) is 4.79 Å². The molecule has 10 nitrogen and oxygen atoms in total. The van der Waals surface area contributed by atoms with Gasteiger partial charge in [-0.25, -0.2) is 24.9 Å². The van der Waals surface area contributed by atoms with Crippen LogP contribution in [0.3, 0.4) is 0 Å². The van der Waals surface area contributed by atoms with Crippen molar-refractivity contribution in [2.24, 2.45) is 7.05 Å². The van der Waals surface area contributed by atoms with Gasteiger partial charge >= 0.3 is 6.18 Å². The molecule has 36 heavy (non-hydrogen) atoms. The number of hydrogen-bond acceptors (Lipinski definition) is 8. The minimum absolute atomic E-state index is 0.1000. The summed E-state index contributed by atoms with van der Waals surface area (Å²) in [5, 5.41) is 3.17. The molecule has 1 amide bonds. The van der Waals surface area contributed by atoms with E-state index in [1.807, 2.05) is 0 Å². The second-order valence-electron chi connectivity index (χ2n) is 8.79. The standard InChI is InChI=1S/C23H24F3N9O/c1-3-19(36)34-7-5-17-15(10-34)21(29-12-28-17)35-6-4-14(9-35)31-22-27-8-16(23(24,25)26)20(32-22)18-11-33(2)13-30-18/h3,8,11-14H,1,4-7,9-10H2,2H3,(H,27,31,32)/t14-/m1/s1. The highest BCUT2D eigenvalue weighted by atomic mass is 19.4. The van der Waals surface area contributed by atoms with Gasteiger partial charge in [0, 0.05) is 57.1 Å². The number of alkyl halides is 3. The number of halogens is 3. The van der Waals surface area contributed by atoms with Gasteiger partial charge in [-0.05, 0) is 12.5 Å². The number of anilines is 2. The van der Waals surface area contributed by atoms with Gasteiger partial charge in [0.15, 0.2) is 0 Å². The van der Waals surface area contributed by atoms with E-state index in [1.165, 1.54) is 24.9 Å². The number of nitrogens with zero attached hydrogens (tertiary/aromatic N) is 8. The maximum Gasteiger partial charge on any atom is 0.420 e. The molecule has 0 aromatic carbocycles. The number of carbonyl (C=O) groups is 1. The summed E-state index contributed by atoms with van der Waals surface area (Å²) in [5.41, 5.74) is 0.728. The normalized spacial score (nSPS) is 17.7. The van der Waals surface area contributed by atoms with Crippen LogP contribution < -0.4 is 10.2 Å². The summed E-state index contributed by atoms with van der Waals surface area (Å²) in [7, 11) is 1.68. The summed E-state index contributed by atoms with van der Waals surface area (Å²) in [6.45, 7) is 5.76. The maximum absolute atomic E-state index is 13.6. The molecule has 1 atom stereocenters. The smallest absolute Gasteiger partial charge is 0.354 e. The lowest BCUT2D eigenvalue weighted by atomic mass is 10.1. The first-order valence-electron chi connectivity index (χ1n) is 11.4. The van der Waals surface area contributed by atoms with Crippen LogP contribution in [0.4, 0.5) is 24.9 Å². The van der Waals surface area contributed by atoms with Crippen molar-refractivity contribution in [2.45, 2.75) is 31.6 Å². The monoisotopic (exact) mass is 499 g/mol. The van der Waals surface area contributed by atoms with Crippen LogP contribution in [0.2, 0.25) is 0 Å². The third-order valence-electron chi connectivity index (χ3n) is 6.33. The Kier molecular flexibility index (Phi) is 6.06. The molecule has 3 aromatic heterocycles. The first-order chi connectivity index (χ1) is 17.2. The van der Waals surface area contributed by atoms with Crippen molar-refractivity contribution in [1.82, 2.24) is 34.4 Å². The van der Waals surface area contributed by atoms with Gasteiger partial charge < -0.3 is 19.7 Å². The SMILES string of the molecule is C=CC(=O)N1CCc2ncnc(N3CC[C@@H](Nc4ncc(C(F)(F)F)c(-c5cn(C)cn5)n4)C3)c2C1. The first-order valence-corrected chi connectivity index (χ1v) is 11.4. The summed E-state index contributed by atoms with van der Waals surface area (Å²) < 4.78 is 42.3. The lowest BCUT2D eigenvalue weighted by Gasteiger charge is -2.30. The Hall–Kier alpha value is -4.03. The van der Waals surface area contributed by atoms with E-state index in [4.69, 9.17) is 0 Å². The summed E-state index contributed by atoms with van der Waals surface area (Å²) in [6.07, 6.45) is 3.25. The molecule has 5 rings (SSSR count). The van der Waals surface area contributed by atoms with Crippen LogP contribution >= 0.6 is 0 Å². The van der Waals surface area contributed by atoms with E-state index in [0.717, 1.165) is 23.3 Å². The first kappa shape index (κ1) is 23.7. The van der Waals surface area contributed by atoms with E-state index in [9.17, 15) is 18.0 Å². The fourth-order valence-corrected chi connectivity index (χ4v) is 4.56. The molecule has 0 spiro atoms. The van der Waals surface area contributed by atoms with E-state index in [0.29, 0.717) is 39.0 Å².